The zero-order chi connectivity index (χ0) is 6.28. The van der Waals surface area contributed by atoms with E-state index in [1.165, 1.54) is 24.7 Å². The highest BCUT2D eigenvalue weighted by Gasteiger charge is 3.04. The van der Waals surface area contributed by atoms with Gasteiger partial charge in [-0.3, -0.25) is 0 Å². The summed E-state index contributed by atoms with van der Waals surface area (Å²) in [6.45, 7) is 4.82. The molecular weight excluding hydrogens is 108 g/mol. The maximum Gasteiger partial charge on any atom is -0.0167 e. The Kier molecular flexibility index (Phi) is 0.470. The van der Waals surface area contributed by atoms with Crippen LogP contribution in [-0.4, -0.2) is 0 Å². The third kappa shape index (κ3) is 0.235. The summed E-state index contributed by atoms with van der Waals surface area (Å²) in [5, 5.41) is 0. The zero-order valence-electron chi connectivity index (χ0n) is 6.28. The van der Waals surface area contributed by atoms with Crippen LogP contribution in [0.5, 0.6) is 0 Å². The van der Waals surface area contributed by atoms with Gasteiger partial charge >= 0.3 is 0 Å². The minimum absolute atomic E-state index is 0.920. The lowest BCUT2D eigenvalue weighted by Gasteiger charge is -2.03. The molecule has 4 unspecified atom stereocenters. The lowest BCUT2D eigenvalue weighted by atomic mass is 10.0. The second kappa shape index (κ2) is 0.889. The van der Waals surface area contributed by atoms with Crippen LogP contribution in [0.3, 0.4) is 0 Å². The molecular formula is C9H14. The van der Waals surface area contributed by atoms with Gasteiger partial charge in [0.2, 0.25) is 0 Å². The van der Waals surface area contributed by atoms with E-state index in [2.05, 4.69) is 13.8 Å². The first-order valence-corrected chi connectivity index (χ1v) is 4.28. The minimum Gasteiger partial charge on any atom is -0.0654 e. The van der Waals surface area contributed by atoms with E-state index in [1.54, 1.807) is 6.42 Å². The molecule has 3 aliphatic rings. The van der Waals surface area contributed by atoms with E-state index in [0.29, 0.717) is 0 Å². The van der Waals surface area contributed by atoms with Crippen molar-refractivity contribution >= 4 is 0 Å². The Bertz CT molecular complexity index is 174. The standard InChI is InChI=1S/C9H14/c1-3-4-6-8(2)7-5-9(6,7)8/h6-7H,3-5H2,1-2H3. The molecule has 0 heteroatoms. The Balaban J connectivity index is 1.76. The van der Waals surface area contributed by atoms with Gasteiger partial charge in [0.05, 0.1) is 0 Å². The minimum atomic E-state index is 0.920. The summed E-state index contributed by atoms with van der Waals surface area (Å²) in [7, 11) is 0. The maximum atomic E-state index is 2.50. The Labute approximate surface area is 56.6 Å². The highest BCUT2D eigenvalue weighted by molar-refractivity contribution is 5.51. The summed E-state index contributed by atoms with van der Waals surface area (Å²) in [5.74, 6) is 2.40. The van der Waals surface area contributed by atoms with Crippen molar-refractivity contribution in [3.05, 3.63) is 0 Å². The molecule has 0 amide bonds. The first-order valence-electron chi connectivity index (χ1n) is 4.28. The molecule has 0 aromatic rings. The van der Waals surface area contributed by atoms with Gasteiger partial charge in [-0.15, -0.1) is 0 Å². The number of hydrogen-bond acceptors (Lipinski definition) is 0. The third-order valence-corrected chi connectivity index (χ3v) is 4.49. The first kappa shape index (κ1) is 4.76. The highest BCUT2D eigenvalue weighted by Crippen LogP contribution is 3.09. The second-order valence-electron chi connectivity index (χ2n) is 4.42. The van der Waals surface area contributed by atoms with Crippen molar-refractivity contribution in [3.8, 4) is 0 Å². The quantitative estimate of drug-likeness (QED) is 0.527. The maximum absolute atomic E-state index is 2.50. The molecule has 0 radical (unpaired) electrons. The summed E-state index contributed by atoms with van der Waals surface area (Å²) < 4.78 is 0. The second-order valence-corrected chi connectivity index (χ2v) is 4.42. The third-order valence-electron chi connectivity index (χ3n) is 4.49. The van der Waals surface area contributed by atoms with Gasteiger partial charge in [-0.05, 0) is 35.5 Å². The van der Waals surface area contributed by atoms with Crippen molar-refractivity contribution < 1.29 is 0 Å². The predicted molar refractivity (Wildman–Crippen MR) is 37.0 cm³/mol. The van der Waals surface area contributed by atoms with E-state index in [0.717, 1.165) is 10.8 Å². The lowest BCUT2D eigenvalue weighted by Crippen LogP contribution is -1.96. The molecule has 3 rings (SSSR count). The summed E-state index contributed by atoms with van der Waals surface area (Å²) in [5.41, 5.74) is 1.91. The van der Waals surface area contributed by atoms with Gasteiger partial charge < -0.3 is 0 Å². The van der Waals surface area contributed by atoms with E-state index in [4.69, 9.17) is 0 Å². The van der Waals surface area contributed by atoms with E-state index >= 15 is 0 Å². The van der Waals surface area contributed by atoms with Gasteiger partial charge in [0.25, 0.3) is 0 Å². The molecule has 0 nitrogen and oxygen atoms in total. The molecule has 0 aliphatic heterocycles. The van der Waals surface area contributed by atoms with Crippen LogP contribution in [0.1, 0.15) is 33.1 Å². The van der Waals surface area contributed by atoms with Crippen molar-refractivity contribution in [2.24, 2.45) is 22.7 Å². The van der Waals surface area contributed by atoms with Gasteiger partial charge in [0.1, 0.15) is 0 Å². The summed E-state index contributed by atoms with van der Waals surface area (Å²) in [6, 6.07) is 0. The van der Waals surface area contributed by atoms with Crippen LogP contribution in [0.25, 0.3) is 0 Å². The number of hydrogen-bond donors (Lipinski definition) is 0. The van der Waals surface area contributed by atoms with E-state index in [-0.39, 0.29) is 0 Å². The number of rotatable bonds is 2. The van der Waals surface area contributed by atoms with Crippen molar-refractivity contribution in [1.82, 2.24) is 0 Å². The topological polar surface area (TPSA) is 0 Å². The fraction of sp³-hybridized carbons (Fsp3) is 1.00. The average Bonchev–Trinajstić information content (AvgIpc) is 2.71. The fourth-order valence-electron chi connectivity index (χ4n) is 3.66. The molecule has 50 valence electrons. The molecule has 0 aromatic heterocycles. The molecule has 9 heavy (non-hydrogen) atoms. The van der Waals surface area contributed by atoms with E-state index in [1.807, 2.05) is 0 Å². The molecule has 1 spiro atoms. The van der Waals surface area contributed by atoms with Gasteiger partial charge in [-0.1, -0.05) is 20.3 Å². The Hall–Kier alpha value is 0. The van der Waals surface area contributed by atoms with Crippen LogP contribution in [-0.2, 0) is 0 Å². The van der Waals surface area contributed by atoms with Crippen molar-refractivity contribution in [1.29, 1.82) is 0 Å². The molecule has 3 saturated carbocycles. The van der Waals surface area contributed by atoms with Gasteiger partial charge in [0.15, 0.2) is 0 Å². The summed E-state index contributed by atoms with van der Waals surface area (Å²) in [4.78, 5) is 0. The predicted octanol–water partition coefficient (Wildman–Crippen LogP) is 2.44. The molecule has 0 saturated heterocycles. The average molecular weight is 122 g/mol. The van der Waals surface area contributed by atoms with Gasteiger partial charge in [0, 0.05) is 0 Å². The van der Waals surface area contributed by atoms with Crippen molar-refractivity contribution in [2.75, 3.05) is 0 Å². The van der Waals surface area contributed by atoms with Crippen LogP contribution in [0.4, 0.5) is 0 Å². The monoisotopic (exact) mass is 122 g/mol. The Morgan fingerprint density at radius 1 is 1.56 bits per heavy atom. The molecule has 3 aliphatic carbocycles. The van der Waals surface area contributed by atoms with E-state index in [9.17, 15) is 0 Å². The van der Waals surface area contributed by atoms with Crippen LogP contribution >= 0.6 is 0 Å². The molecule has 0 aromatic carbocycles. The zero-order valence-corrected chi connectivity index (χ0v) is 6.28. The molecule has 0 bridgehead atoms. The summed E-state index contributed by atoms with van der Waals surface area (Å²) >= 11 is 0. The normalized spacial score (nSPS) is 72.7. The van der Waals surface area contributed by atoms with Crippen molar-refractivity contribution in [2.45, 2.75) is 33.1 Å². The Morgan fingerprint density at radius 2 is 2.22 bits per heavy atom. The molecule has 3 fully saturated rings. The van der Waals surface area contributed by atoms with Crippen molar-refractivity contribution in [3.63, 3.8) is 0 Å². The molecule has 0 heterocycles. The Morgan fingerprint density at radius 3 is 2.56 bits per heavy atom. The lowest BCUT2D eigenvalue weighted by molar-refractivity contribution is 0.455. The van der Waals surface area contributed by atoms with Crippen LogP contribution in [0, 0.1) is 22.7 Å². The largest absolute Gasteiger partial charge is 0.0654 e. The highest BCUT2D eigenvalue weighted by atomic mass is 15.1. The van der Waals surface area contributed by atoms with Gasteiger partial charge in [-0.25, -0.2) is 0 Å². The smallest absolute Gasteiger partial charge is 0.0167 e. The van der Waals surface area contributed by atoms with Crippen LogP contribution < -0.4 is 0 Å². The van der Waals surface area contributed by atoms with Gasteiger partial charge in [-0.2, -0.15) is 0 Å². The number of fused-ring (bicyclic) bond motifs is 1. The SMILES string of the molecule is CCCC1C2(C)C3CC132. The fourth-order valence-corrected chi connectivity index (χ4v) is 3.66. The van der Waals surface area contributed by atoms with E-state index < -0.39 is 0 Å². The summed E-state index contributed by atoms with van der Waals surface area (Å²) in [6.07, 6.45) is 4.54. The first-order chi connectivity index (χ1) is 4.28. The van der Waals surface area contributed by atoms with Crippen LogP contribution in [0.2, 0.25) is 0 Å². The molecule has 4 atom stereocenters. The molecule has 0 N–H and O–H groups in total. The van der Waals surface area contributed by atoms with Crippen LogP contribution in [0.15, 0.2) is 0 Å².